The summed E-state index contributed by atoms with van der Waals surface area (Å²) in [5.74, 6) is 0.750. The maximum atomic E-state index is 13.0. The molecule has 0 bridgehead atoms. The highest BCUT2D eigenvalue weighted by atomic mass is 19.1. The number of nitrogens with one attached hydrogen (secondary N) is 1. The number of guanidine groups is 1. The van der Waals surface area contributed by atoms with Crippen molar-refractivity contribution in [3.05, 3.63) is 35.6 Å². The Bertz CT molecular complexity index is 542. The number of ether oxygens (including phenoxy) is 1. The van der Waals surface area contributed by atoms with E-state index in [0.717, 1.165) is 57.5 Å². The Labute approximate surface area is 143 Å². The predicted molar refractivity (Wildman–Crippen MR) is 93.6 cm³/mol. The fourth-order valence-corrected chi connectivity index (χ4v) is 3.36. The minimum Gasteiger partial charge on any atom is -0.379 e. The number of aliphatic imine (C=N–C) groups is 1. The second-order valence-electron chi connectivity index (χ2n) is 6.33. The van der Waals surface area contributed by atoms with Crippen LogP contribution < -0.4 is 5.32 Å². The second-order valence-corrected chi connectivity index (χ2v) is 6.33. The molecule has 2 aliphatic rings. The smallest absolute Gasteiger partial charge is 0.194 e. The number of hydrogen-bond acceptors (Lipinski definition) is 3. The summed E-state index contributed by atoms with van der Waals surface area (Å²) in [5, 5.41) is 3.39. The summed E-state index contributed by atoms with van der Waals surface area (Å²) in [5.41, 5.74) is 1.02. The Morgan fingerprint density at radius 2 is 2.00 bits per heavy atom. The number of hydrogen-bond donors (Lipinski definition) is 1. The largest absolute Gasteiger partial charge is 0.379 e. The van der Waals surface area contributed by atoms with Crippen molar-refractivity contribution in [2.45, 2.75) is 25.9 Å². The fraction of sp³-hybridized carbons (Fsp3) is 0.611. The molecule has 1 aromatic rings. The van der Waals surface area contributed by atoms with Crippen molar-refractivity contribution in [2.75, 3.05) is 45.9 Å². The molecule has 0 aliphatic carbocycles. The molecule has 3 rings (SSSR count). The van der Waals surface area contributed by atoms with Crippen LogP contribution >= 0.6 is 0 Å². The van der Waals surface area contributed by atoms with E-state index < -0.39 is 0 Å². The summed E-state index contributed by atoms with van der Waals surface area (Å²) >= 11 is 0. The molecule has 0 saturated carbocycles. The van der Waals surface area contributed by atoms with Crippen LogP contribution in [0.15, 0.2) is 29.3 Å². The Kier molecular flexibility index (Phi) is 6.04. The van der Waals surface area contributed by atoms with Crippen LogP contribution in [-0.2, 0) is 11.3 Å². The van der Waals surface area contributed by atoms with Gasteiger partial charge in [0, 0.05) is 38.8 Å². The molecule has 0 aromatic heterocycles. The van der Waals surface area contributed by atoms with Crippen molar-refractivity contribution in [1.82, 2.24) is 15.1 Å². The van der Waals surface area contributed by atoms with E-state index in [1.54, 1.807) is 12.1 Å². The Morgan fingerprint density at radius 3 is 2.71 bits per heavy atom. The number of nitrogens with zero attached hydrogens (tertiary/aromatic N) is 3. The van der Waals surface area contributed by atoms with Gasteiger partial charge in [0.05, 0.1) is 19.8 Å². The lowest BCUT2D eigenvalue weighted by Crippen LogP contribution is -2.46. The van der Waals surface area contributed by atoms with E-state index in [1.165, 1.54) is 18.6 Å². The standard InChI is InChI=1S/C18H27FN4O/c1-2-20-18(21-13-15-3-5-16(19)6-4-15)23-8-7-17(14-23)22-9-11-24-12-10-22/h3-6,17H,2,7-14H2,1H3,(H,20,21). The zero-order valence-corrected chi connectivity index (χ0v) is 14.4. The van der Waals surface area contributed by atoms with Crippen molar-refractivity contribution in [2.24, 2.45) is 4.99 Å². The number of halogens is 1. The van der Waals surface area contributed by atoms with E-state index >= 15 is 0 Å². The lowest BCUT2D eigenvalue weighted by atomic mass is 10.2. The summed E-state index contributed by atoms with van der Waals surface area (Å²) in [6, 6.07) is 7.15. The third kappa shape index (κ3) is 4.45. The van der Waals surface area contributed by atoms with Gasteiger partial charge in [-0.1, -0.05) is 12.1 Å². The molecule has 0 amide bonds. The van der Waals surface area contributed by atoms with Gasteiger partial charge < -0.3 is 15.0 Å². The molecular weight excluding hydrogens is 307 g/mol. The number of likely N-dealkylation sites (tertiary alicyclic amines) is 1. The molecule has 1 aromatic carbocycles. The van der Waals surface area contributed by atoms with E-state index in [2.05, 4.69) is 22.0 Å². The molecular formula is C18H27FN4O. The Balaban J connectivity index is 1.60. The third-order valence-electron chi connectivity index (χ3n) is 4.68. The first-order valence-electron chi connectivity index (χ1n) is 8.85. The van der Waals surface area contributed by atoms with Crippen LogP contribution in [0.4, 0.5) is 4.39 Å². The molecule has 2 aliphatic heterocycles. The SMILES string of the molecule is CCNC(=NCc1ccc(F)cc1)N1CCC(N2CCOCC2)C1. The summed E-state index contributed by atoms with van der Waals surface area (Å²) < 4.78 is 18.5. The van der Waals surface area contributed by atoms with Gasteiger partial charge in [0.25, 0.3) is 0 Å². The van der Waals surface area contributed by atoms with Gasteiger partial charge in [0.15, 0.2) is 5.96 Å². The van der Waals surface area contributed by atoms with Gasteiger partial charge in [0.2, 0.25) is 0 Å². The summed E-state index contributed by atoms with van der Waals surface area (Å²) in [4.78, 5) is 9.62. The highest BCUT2D eigenvalue weighted by Gasteiger charge is 2.30. The van der Waals surface area contributed by atoms with Crippen LogP contribution in [0.5, 0.6) is 0 Å². The van der Waals surface area contributed by atoms with Crippen molar-refractivity contribution in [1.29, 1.82) is 0 Å². The van der Waals surface area contributed by atoms with Crippen LogP contribution in [0.25, 0.3) is 0 Å². The van der Waals surface area contributed by atoms with Crippen LogP contribution in [0.3, 0.4) is 0 Å². The number of rotatable bonds is 4. The average molecular weight is 334 g/mol. The van der Waals surface area contributed by atoms with Gasteiger partial charge in [-0.25, -0.2) is 9.38 Å². The molecule has 0 spiro atoms. The summed E-state index contributed by atoms with van der Waals surface area (Å²) in [6.45, 7) is 9.28. The molecule has 6 heteroatoms. The second kappa shape index (κ2) is 8.44. The van der Waals surface area contributed by atoms with E-state index in [9.17, 15) is 4.39 Å². The van der Waals surface area contributed by atoms with Crippen LogP contribution in [0.1, 0.15) is 18.9 Å². The zero-order chi connectivity index (χ0) is 16.8. The minimum atomic E-state index is -0.206. The first kappa shape index (κ1) is 17.2. The average Bonchev–Trinajstić information content (AvgIpc) is 3.11. The molecule has 1 unspecified atom stereocenters. The third-order valence-corrected chi connectivity index (χ3v) is 4.68. The van der Waals surface area contributed by atoms with Gasteiger partial charge in [0.1, 0.15) is 5.82 Å². The number of morpholine rings is 1. The molecule has 2 saturated heterocycles. The lowest BCUT2D eigenvalue weighted by Gasteiger charge is -2.32. The van der Waals surface area contributed by atoms with E-state index in [-0.39, 0.29) is 5.82 Å². The molecule has 0 radical (unpaired) electrons. The van der Waals surface area contributed by atoms with Gasteiger partial charge >= 0.3 is 0 Å². The normalized spacial score (nSPS) is 22.8. The molecule has 24 heavy (non-hydrogen) atoms. The van der Waals surface area contributed by atoms with Crippen LogP contribution in [-0.4, -0.2) is 67.7 Å². The highest BCUT2D eigenvalue weighted by Crippen LogP contribution is 2.17. The monoisotopic (exact) mass is 334 g/mol. The summed E-state index contributed by atoms with van der Waals surface area (Å²) in [7, 11) is 0. The molecule has 1 N–H and O–H groups in total. The molecule has 5 nitrogen and oxygen atoms in total. The predicted octanol–water partition coefficient (Wildman–Crippen LogP) is 1.70. The topological polar surface area (TPSA) is 40.1 Å². The van der Waals surface area contributed by atoms with Crippen LogP contribution in [0, 0.1) is 5.82 Å². The molecule has 132 valence electrons. The zero-order valence-electron chi connectivity index (χ0n) is 14.4. The first-order valence-corrected chi connectivity index (χ1v) is 8.85. The van der Waals surface area contributed by atoms with Gasteiger partial charge in [-0.3, -0.25) is 4.90 Å². The quantitative estimate of drug-likeness (QED) is 0.672. The Morgan fingerprint density at radius 1 is 1.25 bits per heavy atom. The molecule has 2 fully saturated rings. The maximum Gasteiger partial charge on any atom is 0.194 e. The van der Waals surface area contributed by atoms with E-state index in [1.807, 2.05) is 0 Å². The molecule has 1 atom stereocenters. The lowest BCUT2D eigenvalue weighted by molar-refractivity contribution is 0.0195. The highest BCUT2D eigenvalue weighted by molar-refractivity contribution is 5.80. The number of benzene rings is 1. The van der Waals surface area contributed by atoms with Crippen molar-refractivity contribution < 1.29 is 9.13 Å². The minimum absolute atomic E-state index is 0.206. The van der Waals surface area contributed by atoms with Gasteiger partial charge in [-0.15, -0.1) is 0 Å². The fourth-order valence-electron chi connectivity index (χ4n) is 3.36. The van der Waals surface area contributed by atoms with Crippen molar-refractivity contribution >= 4 is 5.96 Å². The van der Waals surface area contributed by atoms with Crippen molar-refractivity contribution in [3.63, 3.8) is 0 Å². The first-order chi connectivity index (χ1) is 11.8. The van der Waals surface area contributed by atoms with Crippen molar-refractivity contribution in [3.8, 4) is 0 Å². The maximum absolute atomic E-state index is 13.0. The summed E-state index contributed by atoms with van der Waals surface area (Å²) in [6.07, 6.45) is 1.17. The van der Waals surface area contributed by atoms with Gasteiger partial charge in [-0.2, -0.15) is 0 Å². The molecule has 2 heterocycles. The van der Waals surface area contributed by atoms with E-state index in [4.69, 9.17) is 9.73 Å². The van der Waals surface area contributed by atoms with E-state index in [0.29, 0.717) is 12.6 Å². The van der Waals surface area contributed by atoms with Crippen LogP contribution in [0.2, 0.25) is 0 Å². The Hall–Kier alpha value is -1.66. The van der Waals surface area contributed by atoms with Gasteiger partial charge in [-0.05, 0) is 31.0 Å².